The van der Waals surface area contributed by atoms with Crippen LogP contribution >= 0.6 is 0 Å². The van der Waals surface area contributed by atoms with Gasteiger partial charge in [-0.1, -0.05) is 36.4 Å². The van der Waals surface area contributed by atoms with E-state index < -0.39 is 42.3 Å². The molecule has 1 N–H and O–H groups in total. The topological polar surface area (TPSA) is 108 Å². The van der Waals surface area contributed by atoms with Gasteiger partial charge < -0.3 is 24.1 Å². The summed E-state index contributed by atoms with van der Waals surface area (Å²) in [5.74, 6) is -1.94. The van der Waals surface area contributed by atoms with Crippen LogP contribution in [-0.2, 0) is 23.7 Å². The largest absolute Gasteiger partial charge is 0.457 e. The van der Waals surface area contributed by atoms with Crippen LogP contribution in [0.2, 0.25) is 0 Å². The van der Waals surface area contributed by atoms with Gasteiger partial charge in [0.05, 0.1) is 11.1 Å². The van der Waals surface area contributed by atoms with Crippen LogP contribution in [0.4, 0.5) is 0 Å². The van der Waals surface area contributed by atoms with Gasteiger partial charge in [0.1, 0.15) is 18.8 Å². The molecule has 0 heterocycles. The number of carbonyl (C=O) groups excluding carboxylic acids is 3. The summed E-state index contributed by atoms with van der Waals surface area (Å²) in [5.41, 5.74) is 0.942. The lowest BCUT2D eigenvalue weighted by molar-refractivity contribution is -0.161. The van der Waals surface area contributed by atoms with Crippen molar-refractivity contribution in [2.24, 2.45) is 0 Å². The third-order valence-corrected chi connectivity index (χ3v) is 4.91. The fraction of sp³-hybridized carbons (Fsp3) is 0.292. The van der Waals surface area contributed by atoms with Crippen LogP contribution in [0.3, 0.4) is 0 Å². The van der Waals surface area contributed by atoms with Crippen LogP contribution in [0.5, 0.6) is 0 Å². The SMILES string of the molecule is CO[C@@H]1C=C(COC(=O)c2ccccc2)[C@H](OC(C)=O)[C@H](OC(=O)c2ccccc2)[C@@H]1O. The van der Waals surface area contributed by atoms with Crippen LogP contribution in [0.25, 0.3) is 0 Å². The van der Waals surface area contributed by atoms with E-state index in [0.29, 0.717) is 11.1 Å². The number of aliphatic hydroxyl groups is 1. The molecular weight excluding hydrogens is 416 g/mol. The molecule has 0 radical (unpaired) electrons. The minimum Gasteiger partial charge on any atom is -0.457 e. The molecule has 0 saturated heterocycles. The minimum absolute atomic E-state index is 0.252. The highest BCUT2D eigenvalue weighted by molar-refractivity contribution is 5.90. The molecule has 0 saturated carbocycles. The minimum atomic E-state index is -1.31. The fourth-order valence-electron chi connectivity index (χ4n) is 3.34. The van der Waals surface area contributed by atoms with Gasteiger partial charge in [-0.2, -0.15) is 0 Å². The van der Waals surface area contributed by atoms with Crippen molar-refractivity contribution < 1.29 is 38.4 Å². The van der Waals surface area contributed by atoms with Crippen LogP contribution in [0, 0.1) is 0 Å². The van der Waals surface area contributed by atoms with E-state index in [1.54, 1.807) is 60.7 Å². The lowest BCUT2D eigenvalue weighted by Crippen LogP contribution is -2.53. The second-order valence-corrected chi connectivity index (χ2v) is 7.14. The number of aliphatic hydroxyl groups excluding tert-OH is 1. The first-order valence-corrected chi connectivity index (χ1v) is 9.97. The van der Waals surface area contributed by atoms with Crippen LogP contribution in [0.15, 0.2) is 72.3 Å². The number of methoxy groups -OCH3 is 1. The maximum atomic E-state index is 12.6. The van der Waals surface area contributed by atoms with Gasteiger partial charge in [0.2, 0.25) is 0 Å². The van der Waals surface area contributed by atoms with Gasteiger partial charge in [0.25, 0.3) is 0 Å². The maximum Gasteiger partial charge on any atom is 0.338 e. The Hall–Kier alpha value is -3.49. The number of esters is 3. The highest BCUT2D eigenvalue weighted by Gasteiger charge is 2.44. The van der Waals surface area contributed by atoms with E-state index in [1.807, 2.05) is 0 Å². The number of benzene rings is 2. The molecule has 0 spiro atoms. The Labute approximate surface area is 185 Å². The second-order valence-electron chi connectivity index (χ2n) is 7.14. The molecular formula is C24H24O8. The normalized spacial score (nSPS) is 22.4. The molecule has 8 nitrogen and oxygen atoms in total. The molecule has 4 atom stereocenters. The number of ether oxygens (including phenoxy) is 4. The van der Waals surface area contributed by atoms with Crippen LogP contribution in [0.1, 0.15) is 27.6 Å². The Bertz CT molecular complexity index is 970. The first kappa shape index (κ1) is 23.2. The summed E-state index contributed by atoms with van der Waals surface area (Å²) in [7, 11) is 1.38. The van der Waals surface area contributed by atoms with Crippen LogP contribution < -0.4 is 0 Å². The number of hydrogen-bond donors (Lipinski definition) is 1. The monoisotopic (exact) mass is 440 g/mol. The number of hydrogen-bond acceptors (Lipinski definition) is 8. The van der Waals surface area contributed by atoms with E-state index in [4.69, 9.17) is 18.9 Å². The summed E-state index contributed by atoms with van der Waals surface area (Å²) in [6, 6.07) is 16.6. The number of rotatable bonds is 7. The van der Waals surface area contributed by atoms with E-state index >= 15 is 0 Å². The van der Waals surface area contributed by atoms with E-state index in [9.17, 15) is 19.5 Å². The molecule has 1 aliphatic carbocycles. The Morgan fingerprint density at radius 1 is 0.875 bits per heavy atom. The van der Waals surface area contributed by atoms with Gasteiger partial charge in [0, 0.05) is 19.6 Å². The summed E-state index contributed by atoms with van der Waals surface area (Å²) in [5, 5.41) is 10.7. The highest BCUT2D eigenvalue weighted by atomic mass is 16.6. The van der Waals surface area contributed by atoms with Crippen molar-refractivity contribution in [1.82, 2.24) is 0 Å². The molecule has 0 unspecified atom stereocenters. The quantitative estimate of drug-likeness (QED) is 0.397. The summed E-state index contributed by atoms with van der Waals surface area (Å²) in [6.07, 6.45) is -3.12. The average molecular weight is 440 g/mol. The van der Waals surface area contributed by atoms with E-state index in [1.165, 1.54) is 20.1 Å². The second kappa shape index (κ2) is 10.7. The van der Waals surface area contributed by atoms with E-state index in [0.717, 1.165) is 0 Å². The predicted octanol–water partition coefficient (Wildman–Crippen LogP) is 2.32. The van der Waals surface area contributed by atoms with Gasteiger partial charge >= 0.3 is 17.9 Å². The fourth-order valence-corrected chi connectivity index (χ4v) is 3.34. The third kappa shape index (κ3) is 5.60. The zero-order valence-corrected chi connectivity index (χ0v) is 17.7. The van der Waals surface area contributed by atoms with Gasteiger partial charge in [0.15, 0.2) is 12.2 Å². The highest BCUT2D eigenvalue weighted by Crippen LogP contribution is 2.28. The molecule has 0 fully saturated rings. The molecule has 0 bridgehead atoms. The Balaban J connectivity index is 1.84. The molecule has 1 aliphatic rings. The standard InChI is InChI=1S/C24H24O8/c1-15(25)31-21-18(14-30-23(27)16-9-5-3-6-10-16)13-19(29-2)20(26)22(21)32-24(28)17-11-7-4-8-12-17/h3-13,19-22,26H,14H2,1-2H3/t19-,20-,21+,22-/m1/s1. The smallest absolute Gasteiger partial charge is 0.338 e. The van der Waals surface area contributed by atoms with Crippen molar-refractivity contribution in [3.8, 4) is 0 Å². The zero-order chi connectivity index (χ0) is 23.1. The Morgan fingerprint density at radius 3 is 1.97 bits per heavy atom. The molecule has 168 valence electrons. The van der Waals surface area contributed by atoms with Gasteiger partial charge in [-0.15, -0.1) is 0 Å². The lowest BCUT2D eigenvalue weighted by Gasteiger charge is -2.37. The van der Waals surface area contributed by atoms with Crippen molar-refractivity contribution in [2.75, 3.05) is 13.7 Å². The lowest BCUT2D eigenvalue weighted by atomic mass is 9.89. The first-order valence-electron chi connectivity index (χ1n) is 9.97. The third-order valence-electron chi connectivity index (χ3n) is 4.91. The molecule has 0 amide bonds. The van der Waals surface area contributed by atoms with Gasteiger partial charge in [-0.3, -0.25) is 4.79 Å². The molecule has 2 aromatic rings. The summed E-state index contributed by atoms with van der Waals surface area (Å²) in [6.45, 7) is 0.941. The van der Waals surface area contributed by atoms with Crippen molar-refractivity contribution in [3.05, 3.63) is 83.4 Å². The first-order chi connectivity index (χ1) is 15.4. The molecule has 0 aromatic heterocycles. The predicted molar refractivity (Wildman–Crippen MR) is 113 cm³/mol. The summed E-state index contributed by atoms with van der Waals surface area (Å²) < 4.78 is 21.6. The Kier molecular flexibility index (Phi) is 7.75. The van der Waals surface area contributed by atoms with Crippen molar-refractivity contribution in [3.63, 3.8) is 0 Å². The molecule has 0 aliphatic heterocycles. The van der Waals surface area contributed by atoms with E-state index in [2.05, 4.69) is 0 Å². The Morgan fingerprint density at radius 2 is 1.44 bits per heavy atom. The molecule has 3 rings (SSSR count). The van der Waals surface area contributed by atoms with Crippen molar-refractivity contribution >= 4 is 17.9 Å². The van der Waals surface area contributed by atoms with Crippen molar-refractivity contribution in [1.29, 1.82) is 0 Å². The molecule has 8 heteroatoms. The molecule has 2 aromatic carbocycles. The van der Waals surface area contributed by atoms with Gasteiger partial charge in [-0.05, 0) is 30.3 Å². The van der Waals surface area contributed by atoms with Gasteiger partial charge in [-0.25, -0.2) is 9.59 Å². The van der Waals surface area contributed by atoms with Crippen molar-refractivity contribution in [2.45, 2.75) is 31.3 Å². The van der Waals surface area contributed by atoms with E-state index in [-0.39, 0.29) is 12.2 Å². The molecule has 32 heavy (non-hydrogen) atoms. The summed E-state index contributed by atoms with van der Waals surface area (Å²) in [4.78, 5) is 36.7. The maximum absolute atomic E-state index is 12.6. The average Bonchev–Trinajstić information content (AvgIpc) is 2.81. The zero-order valence-electron chi connectivity index (χ0n) is 17.7. The van der Waals surface area contributed by atoms with Crippen LogP contribution in [-0.4, -0.2) is 61.1 Å². The summed E-state index contributed by atoms with van der Waals surface area (Å²) >= 11 is 0. The number of carbonyl (C=O) groups is 3.